The third-order valence-corrected chi connectivity index (χ3v) is 10.4. The summed E-state index contributed by atoms with van der Waals surface area (Å²) in [5, 5.41) is 10.1. The predicted molar refractivity (Wildman–Crippen MR) is 195 cm³/mol. The van der Waals surface area contributed by atoms with E-state index in [4.69, 9.17) is 9.97 Å². The molecule has 7 aromatic carbocycles. The molecule has 3 heterocycles. The van der Waals surface area contributed by atoms with Crippen molar-refractivity contribution in [3.05, 3.63) is 152 Å². The number of aromatic nitrogens is 3. The van der Waals surface area contributed by atoms with E-state index in [9.17, 15) is 0 Å². The van der Waals surface area contributed by atoms with Crippen LogP contribution in [0.15, 0.2) is 152 Å². The van der Waals surface area contributed by atoms with Gasteiger partial charge in [-0.1, -0.05) is 140 Å². The van der Waals surface area contributed by atoms with Crippen LogP contribution in [0, 0.1) is 0 Å². The summed E-state index contributed by atoms with van der Waals surface area (Å²) >= 11 is 1.90. The fourth-order valence-electron chi connectivity index (χ4n) is 7.16. The number of rotatable bonds is 3. The number of benzene rings is 7. The van der Waals surface area contributed by atoms with E-state index in [0.717, 1.165) is 28.2 Å². The van der Waals surface area contributed by atoms with Crippen LogP contribution in [0.3, 0.4) is 0 Å². The van der Waals surface area contributed by atoms with Crippen LogP contribution in [0.25, 0.3) is 92.0 Å². The van der Waals surface area contributed by atoms with E-state index < -0.39 is 0 Å². The van der Waals surface area contributed by atoms with Crippen LogP contribution in [0.4, 0.5) is 0 Å². The number of para-hydroxylation sites is 1. The zero-order chi connectivity index (χ0) is 30.2. The molecule has 214 valence electrons. The number of thiophene rings is 1. The van der Waals surface area contributed by atoms with Gasteiger partial charge in [0.05, 0.1) is 16.7 Å². The molecule has 0 aliphatic rings. The lowest BCUT2D eigenvalue weighted by molar-refractivity contribution is 1.05. The average Bonchev–Trinajstić information content (AvgIpc) is 3.69. The maximum absolute atomic E-state index is 5.33. The highest BCUT2D eigenvalue weighted by Gasteiger charge is 2.23. The Balaban J connectivity index is 1.44. The molecule has 0 fully saturated rings. The Morgan fingerprint density at radius 3 is 1.91 bits per heavy atom. The first kappa shape index (κ1) is 25.5. The standard InChI is InChI=1S/C42H25N3S/c1-3-14-27(15-4-1)34-25-36(44-42(43-34)28-16-5-2-6-17-28)45-35-22-12-11-21-32(35)37-30-19-9-10-20-31(30)41-38(39(37)45)33-24-23-26-13-7-8-18-29(26)40(33)46-41/h1-25H. The molecule has 0 atom stereocenters. The van der Waals surface area contributed by atoms with Gasteiger partial charge in [-0.25, -0.2) is 9.97 Å². The minimum Gasteiger partial charge on any atom is -0.293 e. The van der Waals surface area contributed by atoms with Gasteiger partial charge in [0.1, 0.15) is 5.82 Å². The predicted octanol–water partition coefficient (Wildman–Crippen LogP) is 11.6. The van der Waals surface area contributed by atoms with Gasteiger partial charge in [0.2, 0.25) is 0 Å². The molecule has 3 aromatic heterocycles. The van der Waals surface area contributed by atoms with Gasteiger partial charge in [0.15, 0.2) is 5.82 Å². The van der Waals surface area contributed by atoms with E-state index in [2.05, 4.69) is 132 Å². The Bertz CT molecular complexity index is 2740. The minimum absolute atomic E-state index is 0.709. The second-order valence-electron chi connectivity index (χ2n) is 11.8. The van der Waals surface area contributed by atoms with Crippen LogP contribution in [0.2, 0.25) is 0 Å². The van der Waals surface area contributed by atoms with Gasteiger partial charge in [-0.05, 0) is 22.2 Å². The highest BCUT2D eigenvalue weighted by Crippen LogP contribution is 2.49. The zero-order valence-electron chi connectivity index (χ0n) is 24.7. The fraction of sp³-hybridized carbons (Fsp3) is 0. The Kier molecular flexibility index (Phi) is 5.45. The molecule has 10 rings (SSSR count). The zero-order valence-corrected chi connectivity index (χ0v) is 25.5. The highest BCUT2D eigenvalue weighted by molar-refractivity contribution is 7.27. The average molecular weight is 604 g/mol. The third-order valence-electron chi connectivity index (χ3n) is 9.18. The maximum Gasteiger partial charge on any atom is 0.162 e. The van der Waals surface area contributed by atoms with Crippen molar-refractivity contribution in [3.63, 3.8) is 0 Å². The molecule has 0 saturated carbocycles. The summed E-state index contributed by atoms with van der Waals surface area (Å²) in [5.41, 5.74) is 5.27. The summed E-state index contributed by atoms with van der Waals surface area (Å²) in [6.45, 7) is 0. The van der Waals surface area contributed by atoms with Gasteiger partial charge in [0, 0.05) is 53.5 Å². The van der Waals surface area contributed by atoms with Crippen LogP contribution < -0.4 is 0 Å². The largest absolute Gasteiger partial charge is 0.293 e. The van der Waals surface area contributed by atoms with Crippen LogP contribution in [0.5, 0.6) is 0 Å². The number of fused-ring (bicyclic) bond motifs is 12. The van der Waals surface area contributed by atoms with Crippen LogP contribution in [-0.2, 0) is 0 Å². The van der Waals surface area contributed by atoms with Gasteiger partial charge >= 0.3 is 0 Å². The molecular formula is C42H25N3S. The number of hydrogen-bond donors (Lipinski definition) is 0. The van der Waals surface area contributed by atoms with E-state index >= 15 is 0 Å². The molecule has 0 aliphatic heterocycles. The van der Waals surface area contributed by atoms with E-state index in [0.29, 0.717) is 5.82 Å². The Hall–Kier alpha value is -5.84. The second kappa shape index (κ2) is 9.83. The monoisotopic (exact) mass is 603 g/mol. The van der Waals surface area contributed by atoms with Gasteiger partial charge in [-0.2, -0.15) is 0 Å². The van der Waals surface area contributed by atoms with Crippen molar-refractivity contribution in [2.45, 2.75) is 0 Å². The van der Waals surface area contributed by atoms with Crippen molar-refractivity contribution in [2.24, 2.45) is 0 Å². The van der Waals surface area contributed by atoms with Crippen molar-refractivity contribution < 1.29 is 0 Å². The Morgan fingerprint density at radius 2 is 1.11 bits per heavy atom. The molecule has 0 radical (unpaired) electrons. The minimum atomic E-state index is 0.709. The summed E-state index contributed by atoms with van der Waals surface area (Å²) < 4.78 is 5.01. The fourth-order valence-corrected chi connectivity index (χ4v) is 8.54. The molecule has 0 aliphatic carbocycles. The molecule has 0 amide bonds. The quantitative estimate of drug-likeness (QED) is 0.201. The van der Waals surface area contributed by atoms with Gasteiger partial charge in [0.25, 0.3) is 0 Å². The van der Waals surface area contributed by atoms with E-state index in [-0.39, 0.29) is 0 Å². The first-order valence-corrected chi connectivity index (χ1v) is 16.3. The highest BCUT2D eigenvalue weighted by atomic mass is 32.1. The maximum atomic E-state index is 5.33. The molecule has 0 unspecified atom stereocenters. The van der Waals surface area contributed by atoms with Gasteiger partial charge < -0.3 is 0 Å². The second-order valence-corrected chi connectivity index (χ2v) is 12.8. The molecule has 3 nitrogen and oxygen atoms in total. The van der Waals surface area contributed by atoms with Gasteiger partial charge in [-0.3, -0.25) is 4.57 Å². The summed E-state index contributed by atoms with van der Waals surface area (Å²) in [6.07, 6.45) is 0. The Labute approximate surface area is 268 Å². The lowest BCUT2D eigenvalue weighted by atomic mass is 9.99. The molecule has 4 heteroatoms. The van der Waals surface area contributed by atoms with Crippen molar-refractivity contribution in [1.82, 2.24) is 14.5 Å². The van der Waals surface area contributed by atoms with Crippen molar-refractivity contribution in [3.8, 4) is 28.5 Å². The summed E-state index contributed by atoms with van der Waals surface area (Å²) in [5.74, 6) is 1.57. The first-order chi connectivity index (χ1) is 22.8. The summed E-state index contributed by atoms with van der Waals surface area (Å²) in [6, 6.07) is 53.8. The van der Waals surface area contributed by atoms with Crippen molar-refractivity contribution in [1.29, 1.82) is 0 Å². The lowest BCUT2D eigenvalue weighted by Crippen LogP contribution is -2.02. The van der Waals surface area contributed by atoms with Crippen LogP contribution >= 0.6 is 11.3 Å². The Morgan fingerprint density at radius 1 is 0.457 bits per heavy atom. The van der Waals surface area contributed by atoms with E-state index in [1.54, 1.807) is 0 Å². The summed E-state index contributed by atoms with van der Waals surface area (Å²) in [7, 11) is 0. The van der Waals surface area contributed by atoms with Crippen molar-refractivity contribution in [2.75, 3.05) is 0 Å². The molecular weight excluding hydrogens is 579 g/mol. The van der Waals surface area contributed by atoms with Gasteiger partial charge in [-0.15, -0.1) is 11.3 Å². The normalized spacial score (nSPS) is 11.9. The number of nitrogens with zero attached hydrogens (tertiary/aromatic N) is 3. The van der Waals surface area contributed by atoms with E-state index in [1.807, 2.05) is 35.6 Å². The van der Waals surface area contributed by atoms with Crippen molar-refractivity contribution >= 4 is 74.9 Å². The third kappa shape index (κ3) is 3.65. The molecule has 0 spiro atoms. The smallest absolute Gasteiger partial charge is 0.162 e. The topological polar surface area (TPSA) is 30.7 Å². The molecule has 10 aromatic rings. The number of hydrogen-bond acceptors (Lipinski definition) is 3. The molecule has 0 saturated heterocycles. The first-order valence-electron chi connectivity index (χ1n) is 15.5. The molecule has 0 N–H and O–H groups in total. The molecule has 0 bridgehead atoms. The van der Waals surface area contributed by atoms with E-state index in [1.165, 1.54) is 58.0 Å². The van der Waals surface area contributed by atoms with Crippen LogP contribution in [0.1, 0.15) is 0 Å². The lowest BCUT2D eigenvalue weighted by Gasteiger charge is -2.13. The molecule has 46 heavy (non-hydrogen) atoms. The summed E-state index contributed by atoms with van der Waals surface area (Å²) in [4.78, 5) is 10.4. The van der Waals surface area contributed by atoms with Crippen LogP contribution in [-0.4, -0.2) is 14.5 Å². The SMILES string of the molecule is c1ccc(-c2cc(-n3c4ccccc4c4c5ccccc5c5sc6c7ccccc7ccc6c5c43)nc(-c3ccccc3)n2)cc1.